The molecule has 5 heterocycles. The molecule has 1 amide bonds. The Hall–Kier alpha value is -2.59. The van der Waals surface area contributed by atoms with Gasteiger partial charge in [0, 0.05) is 44.4 Å². The summed E-state index contributed by atoms with van der Waals surface area (Å²) in [6, 6.07) is 1.97. The second-order valence-corrected chi connectivity index (χ2v) is 8.69. The number of carbonyl (C=O) groups is 1. The van der Waals surface area contributed by atoms with Crippen LogP contribution in [0.5, 0.6) is 0 Å². The summed E-state index contributed by atoms with van der Waals surface area (Å²) in [5, 5.41) is 8.10. The first kappa shape index (κ1) is 19.4. The molecule has 2 aliphatic heterocycles. The van der Waals surface area contributed by atoms with Crippen LogP contribution in [0.3, 0.4) is 0 Å². The minimum atomic E-state index is -0.156. The van der Waals surface area contributed by atoms with Gasteiger partial charge in [-0.1, -0.05) is 17.1 Å². The van der Waals surface area contributed by atoms with E-state index in [2.05, 4.69) is 40.9 Å². The zero-order chi connectivity index (χ0) is 20.5. The number of nitrogens with zero attached hydrogens (tertiary/aromatic N) is 5. The van der Waals surface area contributed by atoms with Crippen LogP contribution in [0.2, 0.25) is 0 Å². The van der Waals surface area contributed by atoms with E-state index in [1.165, 1.54) is 6.42 Å². The second-order valence-electron chi connectivity index (χ2n) is 7.81. The van der Waals surface area contributed by atoms with Gasteiger partial charge in [-0.25, -0.2) is 9.97 Å². The van der Waals surface area contributed by atoms with Crippen molar-refractivity contribution < 1.29 is 9.32 Å². The third-order valence-corrected chi connectivity index (χ3v) is 6.87. The number of aromatic amines is 1. The van der Waals surface area contributed by atoms with Gasteiger partial charge < -0.3 is 19.7 Å². The quantitative estimate of drug-likeness (QED) is 0.577. The van der Waals surface area contributed by atoms with E-state index in [1.54, 1.807) is 18.3 Å². The molecule has 1 unspecified atom stereocenters. The van der Waals surface area contributed by atoms with Gasteiger partial charge in [0.15, 0.2) is 5.69 Å². The highest BCUT2D eigenvalue weighted by molar-refractivity contribution is 7.96. The van der Waals surface area contributed by atoms with E-state index in [9.17, 15) is 4.79 Å². The van der Waals surface area contributed by atoms with E-state index >= 15 is 0 Å². The van der Waals surface area contributed by atoms with Crippen molar-refractivity contribution in [3.05, 3.63) is 35.6 Å². The van der Waals surface area contributed by atoms with Crippen LogP contribution < -0.4 is 10.2 Å². The Kier molecular flexibility index (Phi) is 5.34. The fourth-order valence-electron chi connectivity index (χ4n) is 4.35. The minimum absolute atomic E-state index is 0.156. The number of H-pyrrole nitrogens is 1. The predicted molar refractivity (Wildman–Crippen MR) is 115 cm³/mol. The summed E-state index contributed by atoms with van der Waals surface area (Å²) >= 11 is 1.80. The van der Waals surface area contributed by atoms with Crippen molar-refractivity contribution in [2.45, 2.75) is 25.8 Å². The number of hydrogen-bond donors (Lipinski definition) is 2. The number of nitrogens with one attached hydrogen (secondary N) is 2. The first-order valence-electron chi connectivity index (χ1n) is 10.3. The molecular formula is C20H25N7O2S. The van der Waals surface area contributed by atoms with Crippen LogP contribution in [0.25, 0.3) is 11.0 Å². The van der Waals surface area contributed by atoms with Crippen molar-refractivity contribution in [2.75, 3.05) is 37.3 Å². The molecule has 0 bridgehead atoms. The van der Waals surface area contributed by atoms with Crippen LogP contribution in [-0.4, -0.2) is 62.8 Å². The van der Waals surface area contributed by atoms with Gasteiger partial charge in [-0.2, -0.15) is 0 Å². The van der Waals surface area contributed by atoms with Crippen LogP contribution in [0.15, 0.2) is 23.1 Å². The lowest BCUT2D eigenvalue weighted by Gasteiger charge is -2.27. The van der Waals surface area contributed by atoms with Crippen molar-refractivity contribution in [3.8, 4) is 0 Å². The normalized spacial score (nSPS) is 19.4. The van der Waals surface area contributed by atoms with Gasteiger partial charge in [-0.05, 0) is 31.1 Å². The molecule has 9 nitrogen and oxygen atoms in total. The molecule has 0 saturated carbocycles. The average Bonchev–Trinajstić information content (AvgIpc) is 3.51. The molecule has 0 radical (unpaired) electrons. The molecule has 0 aromatic carbocycles. The van der Waals surface area contributed by atoms with Gasteiger partial charge in [-0.15, -0.1) is 0 Å². The van der Waals surface area contributed by atoms with Gasteiger partial charge in [0.25, 0.3) is 5.91 Å². The number of rotatable bonds is 6. The summed E-state index contributed by atoms with van der Waals surface area (Å²) < 4.78 is 7.87. The molecule has 0 aliphatic carbocycles. The number of fused-ring (bicyclic) bond motifs is 2. The topological polar surface area (TPSA) is 103 Å². The highest BCUT2D eigenvalue weighted by atomic mass is 32.2. The Balaban J connectivity index is 1.25. The molecule has 158 valence electrons. The SMILES string of the molecule is CSN1CCC(CCNC(=O)c2noc3c2CN(c2ncnc4[nH]ccc24)CC3)C1. The lowest BCUT2D eigenvalue weighted by Crippen LogP contribution is -2.33. The van der Waals surface area contributed by atoms with Gasteiger partial charge in [0.2, 0.25) is 0 Å². The molecule has 2 N–H and O–H groups in total. The largest absolute Gasteiger partial charge is 0.360 e. The lowest BCUT2D eigenvalue weighted by atomic mass is 10.0. The molecule has 2 aliphatic rings. The van der Waals surface area contributed by atoms with Crippen molar-refractivity contribution in [1.82, 2.24) is 29.7 Å². The summed E-state index contributed by atoms with van der Waals surface area (Å²) in [6.07, 6.45) is 8.41. The number of carbonyl (C=O) groups excluding carboxylic acids is 1. The van der Waals surface area contributed by atoms with E-state index in [1.807, 2.05) is 12.3 Å². The monoisotopic (exact) mass is 427 g/mol. The van der Waals surface area contributed by atoms with Crippen LogP contribution in [0, 0.1) is 5.92 Å². The third-order valence-electron chi connectivity index (χ3n) is 6.02. The van der Waals surface area contributed by atoms with E-state index in [0.717, 1.165) is 54.2 Å². The molecule has 1 saturated heterocycles. The summed E-state index contributed by atoms with van der Waals surface area (Å²) in [4.78, 5) is 26.8. The lowest BCUT2D eigenvalue weighted by molar-refractivity contribution is 0.0941. The highest BCUT2D eigenvalue weighted by Crippen LogP contribution is 2.29. The number of hydrogen-bond acceptors (Lipinski definition) is 8. The maximum atomic E-state index is 12.8. The van der Waals surface area contributed by atoms with Crippen LogP contribution in [-0.2, 0) is 13.0 Å². The molecule has 0 spiro atoms. The molecule has 3 aromatic rings. The zero-order valence-corrected chi connectivity index (χ0v) is 17.7. The van der Waals surface area contributed by atoms with Gasteiger partial charge in [-0.3, -0.25) is 9.10 Å². The van der Waals surface area contributed by atoms with E-state index in [-0.39, 0.29) is 5.91 Å². The summed E-state index contributed by atoms with van der Waals surface area (Å²) in [7, 11) is 0. The Morgan fingerprint density at radius 2 is 2.33 bits per heavy atom. The average molecular weight is 428 g/mol. The molecule has 30 heavy (non-hydrogen) atoms. The Morgan fingerprint density at radius 1 is 1.40 bits per heavy atom. The van der Waals surface area contributed by atoms with Crippen LogP contribution >= 0.6 is 11.9 Å². The first-order valence-corrected chi connectivity index (χ1v) is 11.5. The standard InChI is InChI=1S/C20H25N7O2S/c1-30-27-9-4-13(10-27)2-6-22-20(28)17-15-11-26(8-5-16(15)29-25-17)19-14-3-7-21-18(14)23-12-24-19/h3,7,12-13H,2,4-6,8-11H2,1H3,(H,22,28)(H,21,23,24). The van der Waals surface area contributed by atoms with E-state index < -0.39 is 0 Å². The molecule has 10 heteroatoms. The smallest absolute Gasteiger partial charge is 0.273 e. The van der Waals surface area contributed by atoms with Gasteiger partial charge >= 0.3 is 0 Å². The molecule has 3 aromatic heterocycles. The van der Waals surface area contributed by atoms with Crippen molar-refractivity contribution >= 4 is 34.7 Å². The predicted octanol–water partition coefficient (Wildman–Crippen LogP) is 2.23. The van der Waals surface area contributed by atoms with E-state index in [4.69, 9.17) is 4.52 Å². The zero-order valence-electron chi connectivity index (χ0n) is 16.9. The number of amides is 1. The first-order chi connectivity index (χ1) is 14.7. The van der Waals surface area contributed by atoms with Crippen LogP contribution in [0.1, 0.15) is 34.7 Å². The van der Waals surface area contributed by atoms with Crippen LogP contribution in [0.4, 0.5) is 5.82 Å². The van der Waals surface area contributed by atoms with E-state index in [0.29, 0.717) is 31.1 Å². The third kappa shape index (κ3) is 3.65. The second kappa shape index (κ2) is 8.27. The summed E-state index contributed by atoms with van der Waals surface area (Å²) in [5.74, 6) is 2.14. The van der Waals surface area contributed by atoms with Gasteiger partial charge in [0.05, 0.1) is 11.9 Å². The van der Waals surface area contributed by atoms with Crippen molar-refractivity contribution in [1.29, 1.82) is 0 Å². The fraction of sp³-hybridized carbons (Fsp3) is 0.500. The summed E-state index contributed by atoms with van der Waals surface area (Å²) in [6.45, 7) is 4.19. The highest BCUT2D eigenvalue weighted by Gasteiger charge is 2.29. The number of anilines is 1. The molecular weight excluding hydrogens is 402 g/mol. The summed E-state index contributed by atoms with van der Waals surface area (Å²) in [5.41, 5.74) is 2.06. The Labute approximate surface area is 178 Å². The van der Waals surface area contributed by atoms with Crippen molar-refractivity contribution in [3.63, 3.8) is 0 Å². The molecule has 1 atom stereocenters. The van der Waals surface area contributed by atoms with Gasteiger partial charge in [0.1, 0.15) is 23.6 Å². The maximum Gasteiger partial charge on any atom is 0.273 e. The Bertz CT molecular complexity index is 1050. The molecule has 1 fully saturated rings. The number of aromatic nitrogens is 4. The maximum absolute atomic E-state index is 12.8. The fourth-order valence-corrected chi connectivity index (χ4v) is 5.00. The van der Waals surface area contributed by atoms with Crippen molar-refractivity contribution in [2.24, 2.45) is 5.92 Å². The minimum Gasteiger partial charge on any atom is -0.360 e. The Morgan fingerprint density at radius 3 is 3.20 bits per heavy atom. The molecule has 5 rings (SSSR count).